The lowest BCUT2D eigenvalue weighted by Crippen LogP contribution is -2.16. The van der Waals surface area contributed by atoms with Crippen LogP contribution in [-0.2, 0) is 16.6 Å². The molecule has 0 aliphatic carbocycles. The standard InChI is InChI=1S/C18H18N2O4S2/c1-4-11-20-16-10-7-14(24-3)12-17(16)25-18(20)19-26(21,22)15-8-5-13(23-2)6-9-15/h4-10,12H,1,11H2,2-3H3/b19-18-. The smallest absolute Gasteiger partial charge is 0.285 e. The van der Waals surface area contributed by atoms with Crippen molar-refractivity contribution in [3.63, 3.8) is 0 Å². The monoisotopic (exact) mass is 390 g/mol. The molecular formula is C18H18N2O4S2. The zero-order chi connectivity index (χ0) is 18.7. The van der Waals surface area contributed by atoms with Crippen molar-refractivity contribution in [3.05, 3.63) is 59.9 Å². The Kier molecular flexibility index (Phi) is 5.15. The molecule has 0 amide bonds. The van der Waals surface area contributed by atoms with Crippen LogP contribution < -0.4 is 14.3 Å². The minimum absolute atomic E-state index is 0.110. The summed E-state index contributed by atoms with van der Waals surface area (Å²) in [7, 11) is -0.734. The third-order valence-electron chi connectivity index (χ3n) is 3.76. The Bertz CT molecular complexity index is 1110. The van der Waals surface area contributed by atoms with Crippen LogP contribution in [0.4, 0.5) is 0 Å². The number of rotatable bonds is 6. The van der Waals surface area contributed by atoms with E-state index in [1.54, 1.807) is 25.3 Å². The lowest BCUT2D eigenvalue weighted by atomic mass is 10.3. The van der Waals surface area contributed by atoms with Crippen molar-refractivity contribution in [2.75, 3.05) is 14.2 Å². The second-order valence-electron chi connectivity index (χ2n) is 5.36. The molecule has 6 nitrogen and oxygen atoms in total. The van der Waals surface area contributed by atoms with Gasteiger partial charge in [0.25, 0.3) is 10.0 Å². The van der Waals surface area contributed by atoms with Gasteiger partial charge in [0.05, 0.1) is 29.3 Å². The molecule has 0 aliphatic heterocycles. The van der Waals surface area contributed by atoms with E-state index in [1.165, 1.54) is 30.6 Å². The van der Waals surface area contributed by atoms with Crippen LogP contribution in [-0.4, -0.2) is 27.2 Å². The van der Waals surface area contributed by atoms with Gasteiger partial charge in [0, 0.05) is 6.54 Å². The van der Waals surface area contributed by atoms with E-state index in [1.807, 2.05) is 22.8 Å². The Morgan fingerprint density at radius 3 is 2.38 bits per heavy atom. The fourth-order valence-electron chi connectivity index (χ4n) is 2.46. The average Bonchev–Trinajstić information content (AvgIpc) is 2.97. The fourth-order valence-corrected chi connectivity index (χ4v) is 4.73. The van der Waals surface area contributed by atoms with Crippen LogP contribution in [0.2, 0.25) is 0 Å². The van der Waals surface area contributed by atoms with Crippen LogP contribution in [0.5, 0.6) is 11.5 Å². The molecule has 0 saturated heterocycles. The van der Waals surface area contributed by atoms with Gasteiger partial charge in [-0.15, -0.1) is 11.0 Å². The van der Waals surface area contributed by atoms with Crippen LogP contribution in [0, 0.1) is 0 Å². The maximum atomic E-state index is 12.7. The Labute approximate surface area is 155 Å². The number of nitrogens with zero attached hydrogens (tertiary/aromatic N) is 2. The van der Waals surface area contributed by atoms with Gasteiger partial charge >= 0.3 is 0 Å². The number of sulfonamides is 1. The zero-order valence-electron chi connectivity index (χ0n) is 14.4. The predicted octanol–water partition coefficient (Wildman–Crippen LogP) is 3.20. The molecule has 0 unspecified atom stereocenters. The first kappa shape index (κ1) is 18.2. The molecule has 1 aromatic heterocycles. The minimum Gasteiger partial charge on any atom is -0.497 e. The highest BCUT2D eigenvalue weighted by molar-refractivity contribution is 7.90. The normalized spacial score (nSPS) is 12.3. The van der Waals surface area contributed by atoms with Gasteiger partial charge in [-0.2, -0.15) is 8.42 Å². The molecule has 2 aromatic carbocycles. The maximum Gasteiger partial charge on any atom is 0.285 e. The number of benzene rings is 2. The van der Waals surface area contributed by atoms with E-state index in [4.69, 9.17) is 9.47 Å². The number of hydrogen-bond acceptors (Lipinski definition) is 5. The Morgan fingerprint density at radius 1 is 1.12 bits per heavy atom. The lowest BCUT2D eigenvalue weighted by molar-refractivity contribution is 0.414. The maximum absolute atomic E-state index is 12.7. The van der Waals surface area contributed by atoms with Crippen LogP contribution in [0.25, 0.3) is 10.2 Å². The topological polar surface area (TPSA) is 69.9 Å². The van der Waals surface area contributed by atoms with Crippen molar-refractivity contribution >= 4 is 31.6 Å². The molecule has 0 N–H and O–H groups in total. The highest BCUT2D eigenvalue weighted by atomic mass is 32.2. The molecule has 0 radical (unpaired) electrons. The molecule has 0 spiro atoms. The van der Waals surface area contributed by atoms with E-state index in [2.05, 4.69) is 11.0 Å². The van der Waals surface area contributed by atoms with E-state index in [-0.39, 0.29) is 4.90 Å². The number of methoxy groups -OCH3 is 2. The predicted molar refractivity (Wildman–Crippen MR) is 102 cm³/mol. The van der Waals surface area contributed by atoms with Crippen LogP contribution in [0.3, 0.4) is 0 Å². The Balaban J connectivity index is 2.17. The molecule has 8 heteroatoms. The molecule has 0 saturated carbocycles. The van der Waals surface area contributed by atoms with Crippen LogP contribution in [0.1, 0.15) is 0 Å². The lowest BCUT2D eigenvalue weighted by Gasteiger charge is -2.03. The van der Waals surface area contributed by atoms with Gasteiger partial charge < -0.3 is 14.0 Å². The second kappa shape index (κ2) is 7.35. The van der Waals surface area contributed by atoms with Crippen molar-refractivity contribution < 1.29 is 17.9 Å². The molecule has 3 rings (SSSR count). The summed E-state index contributed by atoms with van der Waals surface area (Å²) in [5.74, 6) is 1.29. The SMILES string of the molecule is C=CCn1/c(=N/S(=O)(=O)c2ccc(OC)cc2)sc2cc(OC)ccc21. The summed E-state index contributed by atoms with van der Waals surface area (Å²) in [5.41, 5.74) is 0.874. The summed E-state index contributed by atoms with van der Waals surface area (Å²) in [5, 5.41) is 0. The fraction of sp³-hybridized carbons (Fsp3) is 0.167. The number of aromatic nitrogens is 1. The number of hydrogen-bond donors (Lipinski definition) is 0. The van der Waals surface area contributed by atoms with Crippen molar-refractivity contribution in [2.45, 2.75) is 11.4 Å². The van der Waals surface area contributed by atoms with Crippen LogP contribution in [0.15, 0.2) is 64.4 Å². The summed E-state index contributed by atoms with van der Waals surface area (Å²) >= 11 is 1.29. The zero-order valence-corrected chi connectivity index (χ0v) is 16.0. The third-order valence-corrected chi connectivity index (χ3v) is 6.20. The van der Waals surface area contributed by atoms with Gasteiger partial charge in [-0.3, -0.25) is 0 Å². The van der Waals surface area contributed by atoms with Gasteiger partial charge in [0.15, 0.2) is 0 Å². The van der Waals surface area contributed by atoms with Gasteiger partial charge in [0.1, 0.15) is 11.5 Å². The van der Waals surface area contributed by atoms with Crippen LogP contribution >= 0.6 is 11.3 Å². The molecule has 3 aromatic rings. The molecular weight excluding hydrogens is 372 g/mol. The van der Waals surface area contributed by atoms with Gasteiger partial charge in [-0.1, -0.05) is 17.4 Å². The summed E-state index contributed by atoms with van der Waals surface area (Å²) < 4.78 is 42.4. The average molecular weight is 390 g/mol. The Hall–Kier alpha value is -2.58. The van der Waals surface area contributed by atoms with Gasteiger partial charge in [0.2, 0.25) is 4.80 Å². The molecule has 1 heterocycles. The molecule has 0 aliphatic rings. The first-order valence-corrected chi connectivity index (χ1v) is 9.97. The number of allylic oxidation sites excluding steroid dienone is 1. The number of ether oxygens (including phenoxy) is 2. The highest BCUT2D eigenvalue weighted by Gasteiger charge is 2.15. The first-order chi connectivity index (χ1) is 12.5. The molecule has 136 valence electrons. The Morgan fingerprint density at radius 2 is 1.77 bits per heavy atom. The summed E-state index contributed by atoms with van der Waals surface area (Å²) in [4.78, 5) is 0.488. The summed E-state index contributed by atoms with van der Waals surface area (Å²) in [6, 6.07) is 11.7. The van der Waals surface area contributed by atoms with E-state index >= 15 is 0 Å². The van der Waals surface area contributed by atoms with E-state index in [0.717, 1.165) is 10.2 Å². The highest BCUT2D eigenvalue weighted by Crippen LogP contribution is 2.24. The molecule has 26 heavy (non-hydrogen) atoms. The molecule has 0 atom stereocenters. The van der Waals surface area contributed by atoms with E-state index in [9.17, 15) is 8.42 Å². The third kappa shape index (κ3) is 3.51. The van der Waals surface area contributed by atoms with Crippen molar-refractivity contribution in [1.29, 1.82) is 0 Å². The quantitative estimate of drug-likeness (QED) is 0.606. The largest absolute Gasteiger partial charge is 0.497 e. The molecule has 0 fully saturated rings. The first-order valence-electron chi connectivity index (χ1n) is 7.72. The van der Waals surface area contributed by atoms with E-state index < -0.39 is 10.0 Å². The second-order valence-corrected chi connectivity index (χ2v) is 7.97. The van der Waals surface area contributed by atoms with E-state index in [0.29, 0.717) is 22.8 Å². The van der Waals surface area contributed by atoms with Crippen molar-refractivity contribution in [3.8, 4) is 11.5 Å². The van der Waals surface area contributed by atoms with Gasteiger partial charge in [-0.05, 0) is 42.5 Å². The number of thiazole rings is 1. The summed E-state index contributed by atoms with van der Waals surface area (Å²) in [6.07, 6.45) is 1.70. The van der Waals surface area contributed by atoms with Gasteiger partial charge in [-0.25, -0.2) is 0 Å². The number of fused-ring (bicyclic) bond motifs is 1. The summed E-state index contributed by atoms with van der Waals surface area (Å²) in [6.45, 7) is 4.19. The molecule has 0 bridgehead atoms. The minimum atomic E-state index is -3.85. The van der Waals surface area contributed by atoms with Crippen molar-refractivity contribution in [2.24, 2.45) is 4.40 Å². The van der Waals surface area contributed by atoms with Crippen molar-refractivity contribution in [1.82, 2.24) is 4.57 Å².